The van der Waals surface area contributed by atoms with Gasteiger partial charge in [0.05, 0.1) is 0 Å². The van der Waals surface area contributed by atoms with Crippen molar-refractivity contribution in [3.63, 3.8) is 0 Å². The quantitative estimate of drug-likeness (QED) is 0.195. The smallest absolute Gasteiger partial charge is 0.165 e. The van der Waals surface area contributed by atoms with E-state index < -0.39 is 16.6 Å². The molecule has 0 spiro atoms. The summed E-state index contributed by atoms with van der Waals surface area (Å²) in [6.07, 6.45) is 15.3. The molecule has 0 N–H and O–H groups in total. The molecule has 5 fully saturated rings. The first-order chi connectivity index (χ1) is 26.9. The molecule has 3 aromatic carbocycles. The first kappa shape index (κ1) is 38.4. The van der Waals surface area contributed by atoms with Crippen molar-refractivity contribution < 1.29 is 14.4 Å². The van der Waals surface area contributed by atoms with Gasteiger partial charge in [0.1, 0.15) is 16.6 Å². The van der Waals surface area contributed by atoms with Crippen molar-refractivity contribution in [1.82, 2.24) is 14.7 Å². The van der Waals surface area contributed by atoms with E-state index in [0.29, 0.717) is 36.1 Å². The summed E-state index contributed by atoms with van der Waals surface area (Å²) in [6, 6.07) is 29.8. The third-order valence-electron chi connectivity index (χ3n) is 14.8. The third-order valence-corrected chi connectivity index (χ3v) is 14.8. The van der Waals surface area contributed by atoms with Gasteiger partial charge in [0.2, 0.25) is 0 Å². The molecule has 3 aliphatic carbocycles. The Balaban J connectivity index is 1.06. The van der Waals surface area contributed by atoms with Gasteiger partial charge >= 0.3 is 0 Å². The normalized spacial score (nSPS) is 31.3. The Kier molecular flexibility index (Phi) is 11.6. The molecule has 2 heterocycles. The first-order valence-corrected chi connectivity index (χ1v) is 22.0. The Morgan fingerprint density at radius 2 is 1.27 bits per heavy atom. The topological polar surface area (TPSA) is 60.9 Å². The van der Waals surface area contributed by atoms with Crippen LogP contribution in [0.3, 0.4) is 0 Å². The maximum atomic E-state index is 15.1. The molecule has 8 rings (SSSR count). The van der Waals surface area contributed by atoms with Gasteiger partial charge in [-0.2, -0.15) is 0 Å². The number of ketones is 3. The maximum Gasteiger partial charge on any atom is 0.165 e. The number of rotatable bonds is 11. The Bertz CT molecular complexity index is 1800. The molecule has 2 aliphatic heterocycles. The van der Waals surface area contributed by atoms with E-state index in [9.17, 15) is 4.79 Å². The number of likely N-dealkylation sites (tertiary alicyclic amines) is 2. The largest absolute Gasteiger partial charge is 0.297 e. The highest BCUT2D eigenvalue weighted by atomic mass is 16.1. The molecule has 55 heavy (non-hydrogen) atoms. The number of carbonyl (C=O) groups excluding carboxylic acids is 3. The fourth-order valence-corrected chi connectivity index (χ4v) is 12.0. The Hall–Kier alpha value is -3.45. The molecular weight excluding hydrogens is 679 g/mol. The standard InChI is InChI=1S/C49H63N3O3/c1-2-50(47(28-11-10-25-44(47)53)40-19-6-3-7-20-40)35-27-38-26-30-48(45(54)36-38,51-31-12-5-13-32-51)42-23-16-18-39(37-42)43-24-17-29-49(46(43)55,52-33-14-15-34-52)41-21-8-4-9-22-41/h3-4,6-9,16,18-23,37-38,43H,2,5,10-15,17,24-36H2,1H3. The highest BCUT2D eigenvalue weighted by molar-refractivity contribution is 5.96. The number of carbonyl (C=O) groups is 3. The van der Waals surface area contributed by atoms with E-state index in [2.05, 4.69) is 100 Å². The summed E-state index contributed by atoms with van der Waals surface area (Å²) >= 11 is 0. The van der Waals surface area contributed by atoms with Crippen LogP contribution in [0.4, 0.5) is 0 Å². The van der Waals surface area contributed by atoms with Crippen molar-refractivity contribution in [3.05, 3.63) is 107 Å². The van der Waals surface area contributed by atoms with Gasteiger partial charge in [-0.1, -0.05) is 105 Å². The SMILES string of the molecule is CCN(CCC1CCC(c2cccc(C3CCCC(c4ccccc4)(N4CCCC4)C3=O)c2)(N2CCCCC2)C(=O)C1)C1(c2ccccc2)CCCCC1=O. The minimum Gasteiger partial charge on any atom is -0.297 e. The average molecular weight is 742 g/mol. The summed E-state index contributed by atoms with van der Waals surface area (Å²) in [5.41, 5.74) is 2.68. The fraction of sp³-hybridized carbons (Fsp3) is 0.571. The van der Waals surface area contributed by atoms with Crippen LogP contribution in [0.15, 0.2) is 84.9 Å². The van der Waals surface area contributed by atoms with Crippen LogP contribution < -0.4 is 0 Å². The lowest BCUT2D eigenvalue weighted by atomic mass is 9.66. The van der Waals surface area contributed by atoms with Gasteiger partial charge in [0.25, 0.3) is 0 Å². The molecule has 3 aromatic rings. The fourth-order valence-electron chi connectivity index (χ4n) is 12.0. The molecule has 2 saturated heterocycles. The Labute approximate surface area is 330 Å². The van der Waals surface area contributed by atoms with Crippen LogP contribution in [0.25, 0.3) is 0 Å². The predicted molar refractivity (Wildman–Crippen MR) is 220 cm³/mol. The predicted octanol–water partition coefficient (Wildman–Crippen LogP) is 9.32. The molecule has 3 saturated carbocycles. The van der Waals surface area contributed by atoms with Gasteiger partial charge < -0.3 is 0 Å². The summed E-state index contributed by atoms with van der Waals surface area (Å²) in [5, 5.41) is 0. The van der Waals surface area contributed by atoms with Gasteiger partial charge in [0, 0.05) is 18.8 Å². The molecule has 5 unspecified atom stereocenters. The van der Waals surface area contributed by atoms with Gasteiger partial charge in [-0.25, -0.2) is 0 Å². The van der Waals surface area contributed by atoms with Crippen LogP contribution in [-0.2, 0) is 31.0 Å². The van der Waals surface area contributed by atoms with Gasteiger partial charge in [-0.05, 0) is 144 Å². The summed E-state index contributed by atoms with van der Waals surface area (Å²) in [5.74, 6) is 1.16. The number of hydrogen-bond acceptors (Lipinski definition) is 6. The van der Waals surface area contributed by atoms with Crippen molar-refractivity contribution in [2.45, 2.75) is 132 Å². The highest BCUT2D eigenvalue weighted by Gasteiger charge is 2.53. The van der Waals surface area contributed by atoms with Crippen LogP contribution in [0.1, 0.15) is 138 Å². The van der Waals surface area contributed by atoms with Crippen LogP contribution in [0.2, 0.25) is 0 Å². The molecule has 0 aromatic heterocycles. The number of Topliss-reactive ketones (excluding diaryl/α,β-unsaturated/α-hetero) is 3. The zero-order chi connectivity index (χ0) is 37.9. The van der Waals surface area contributed by atoms with E-state index in [4.69, 9.17) is 0 Å². The van der Waals surface area contributed by atoms with Crippen molar-refractivity contribution in [1.29, 1.82) is 0 Å². The third kappa shape index (κ3) is 6.89. The Morgan fingerprint density at radius 3 is 1.95 bits per heavy atom. The van der Waals surface area contributed by atoms with E-state index in [-0.39, 0.29) is 5.92 Å². The first-order valence-electron chi connectivity index (χ1n) is 22.0. The number of piperidine rings is 1. The molecule has 0 bridgehead atoms. The van der Waals surface area contributed by atoms with Crippen LogP contribution >= 0.6 is 0 Å². The average Bonchev–Trinajstić information content (AvgIpc) is 3.79. The summed E-state index contributed by atoms with van der Waals surface area (Å²) in [6.45, 7) is 7.67. The van der Waals surface area contributed by atoms with Crippen LogP contribution in [-0.4, -0.2) is 71.3 Å². The second-order valence-electron chi connectivity index (χ2n) is 17.5. The zero-order valence-corrected chi connectivity index (χ0v) is 33.4. The number of benzene rings is 3. The molecule has 292 valence electrons. The van der Waals surface area contributed by atoms with E-state index in [0.717, 1.165) is 145 Å². The molecule has 6 nitrogen and oxygen atoms in total. The summed E-state index contributed by atoms with van der Waals surface area (Å²) < 4.78 is 0. The molecule has 6 heteroatoms. The lowest BCUT2D eigenvalue weighted by Gasteiger charge is -2.49. The second-order valence-corrected chi connectivity index (χ2v) is 17.5. The van der Waals surface area contributed by atoms with Crippen molar-refractivity contribution in [3.8, 4) is 0 Å². The zero-order valence-electron chi connectivity index (χ0n) is 33.4. The number of hydrogen-bond donors (Lipinski definition) is 0. The molecule has 5 atom stereocenters. The molecule has 0 amide bonds. The van der Waals surface area contributed by atoms with E-state index in [1.54, 1.807) is 0 Å². The number of likely N-dealkylation sites (N-methyl/N-ethyl adjacent to an activating group) is 1. The van der Waals surface area contributed by atoms with Gasteiger partial charge in [-0.3, -0.25) is 29.1 Å². The lowest BCUT2D eigenvalue weighted by Crippen LogP contribution is -2.57. The molecule has 5 aliphatic rings. The van der Waals surface area contributed by atoms with E-state index >= 15 is 9.59 Å². The van der Waals surface area contributed by atoms with Crippen LogP contribution in [0, 0.1) is 5.92 Å². The van der Waals surface area contributed by atoms with E-state index in [1.807, 2.05) is 6.07 Å². The summed E-state index contributed by atoms with van der Waals surface area (Å²) in [4.78, 5) is 51.4. The van der Waals surface area contributed by atoms with E-state index in [1.165, 1.54) is 6.42 Å². The minimum absolute atomic E-state index is 0.182. The van der Waals surface area contributed by atoms with Crippen LogP contribution in [0.5, 0.6) is 0 Å². The number of nitrogens with zero attached hydrogens (tertiary/aromatic N) is 3. The molecule has 0 radical (unpaired) electrons. The van der Waals surface area contributed by atoms with Crippen molar-refractivity contribution >= 4 is 17.3 Å². The lowest BCUT2D eigenvalue weighted by molar-refractivity contribution is -0.139. The van der Waals surface area contributed by atoms with Gasteiger partial charge in [-0.15, -0.1) is 0 Å². The van der Waals surface area contributed by atoms with Crippen molar-refractivity contribution in [2.24, 2.45) is 5.92 Å². The second kappa shape index (κ2) is 16.6. The highest BCUT2D eigenvalue weighted by Crippen LogP contribution is 2.49. The maximum absolute atomic E-state index is 15.1. The van der Waals surface area contributed by atoms with Gasteiger partial charge in [0.15, 0.2) is 17.3 Å². The monoisotopic (exact) mass is 741 g/mol. The summed E-state index contributed by atoms with van der Waals surface area (Å²) in [7, 11) is 0. The minimum atomic E-state index is -0.648. The molecular formula is C49H63N3O3. The Morgan fingerprint density at radius 1 is 0.618 bits per heavy atom. The van der Waals surface area contributed by atoms with Crippen molar-refractivity contribution in [2.75, 3.05) is 39.3 Å².